The van der Waals surface area contributed by atoms with Crippen molar-refractivity contribution in [3.63, 3.8) is 0 Å². The number of carbonyl (C=O) groups excluding carboxylic acids is 1. The second-order valence-corrected chi connectivity index (χ2v) is 6.79. The molecule has 11 heteroatoms. The van der Waals surface area contributed by atoms with Crippen molar-refractivity contribution in [3.8, 4) is 11.5 Å². The third kappa shape index (κ3) is 5.10. The fourth-order valence-corrected chi connectivity index (χ4v) is 2.91. The molecule has 0 saturated heterocycles. The van der Waals surface area contributed by atoms with Gasteiger partial charge in [0.2, 0.25) is 0 Å². The van der Waals surface area contributed by atoms with Gasteiger partial charge in [0.05, 0.1) is 18.2 Å². The van der Waals surface area contributed by atoms with Crippen molar-refractivity contribution in [3.05, 3.63) is 87.5 Å². The number of carbonyl (C=O) groups is 1. The van der Waals surface area contributed by atoms with E-state index in [4.69, 9.17) is 9.47 Å². The Morgan fingerprint density at radius 2 is 1.88 bits per heavy atom. The quantitative estimate of drug-likeness (QED) is 0.246. The van der Waals surface area contributed by atoms with Gasteiger partial charge in [-0.25, -0.2) is 10.1 Å². The summed E-state index contributed by atoms with van der Waals surface area (Å²) in [4.78, 5) is 22.6. The molecule has 3 aromatic carbocycles. The van der Waals surface area contributed by atoms with E-state index >= 15 is 0 Å². The summed E-state index contributed by atoms with van der Waals surface area (Å²) in [6.07, 6.45) is 1.47. The van der Waals surface area contributed by atoms with Gasteiger partial charge in [0.25, 0.3) is 11.6 Å². The SMILES string of the molecule is COc1cc(C=NNC(=O)c2ccc3nonc3c2)ccc1OCc1ccc([N+](=O)[O-])cc1. The van der Waals surface area contributed by atoms with E-state index in [0.29, 0.717) is 33.7 Å². The normalized spacial score (nSPS) is 10.9. The molecule has 11 nitrogen and oxygen atoms in total. The first-order valence-corrected chi connectivity index (χ1v) is 9.63. The molecule has 0 fully saturated rings. The van der Waals surface area contributed by atoms with E-state index in [1.165, 1.54) is 25.5 Å². The molecule has 0 aliphatic heterocycles. The summed E-state index contributed by atoms with van der Waals surface area (Å²) in [5, 5.41) is 22.1. The molecule has 4 aromatic rings. The number of aromatic nitrogens is 2. The summed E-state index contributed by atoms with van der Waals surface area (Å²) >= 11 is 0. The van der Waals surface area contributed by atoms with Gasteiger partial charge in [-0.1, -0.05) is 0 Å². The first kappa shape index (κ1) is 21.4. The van der Waals surface area contributed by atoms with E-state index in [-0.39, 0.29) is 12.3 Å². The van der Waals surface area contributed by atoms with E-state index in [1.807, 2.05) is 0 Å². The molecule has 0 radical (unpaired) electrons. The molecule has 0 unspecified atom stereocenters. The van der Waals surface area contributed by atoms with Gasteiger partial charge in [-0.3, -0.25) is 14.9 Å². The molecular weight excluding hydrogens is 430 g/mol. The number of ether oxygens (including phenoxy) is 2. The topological polar surface area (TPSA) is 142 Å². The molecule has 1 amide bonds. The van der Waals surface area contributed by atoms with Crippen LogP contribution < -0.4 is 14.9 Å². The Morgan fingerprint density at radius 3 is 2.64 bits per heavy atom. The van der Waals surface area contributed by atoms with Gasteiger partial charge in [0.1, 0.15) is 17.6 Å². The molecule has 1 N–H and O–H groups in total. The summed E-state index contributed by atoms with van der Waals surface area (Å²) in [5.41, 5.74) is 5.30. The summed E-state index contributed by atoms with van der Waals surface area (Å²) in [6.45, 7) is 0.212. The van der Waals surface area contributed by atoms with Crippen LogP contribution in [0.1, 0.15) is 21.5 Å². The highest BCUT2D eigenvalue weighted by Gasteiger charge is 2.09. The Bertz CT molecular complexity index is 1330. The summed E-state index contributed by atoms with van der Waals surface area (Å²) in [7, 11) is 1.51. The number of nitrogens with zero attached hydrogens (tertiary/aromatic N) is 4. The van der Waals surface area contributed by atoms with Crippen molar-refractivity contribution in [2.75, 3.05) is 7.11 Å². The molecular formula is C22H17N5O6. The molecule has 0 saturated carbocycles. The number of fused-ring (bicyclic) bond motifs is 1. The molecule has 4 rings (SSSR count). The Morgan fingerprint density at radius 1 is 1.09 bits per heavy atom. The third-order valence-electron chi connectivity index (χ3n) is 4.62. The highest BCUT2D eigenvalue weighted by atomic mass is 16.6. The number of hydrogen-bond acceptors (Lipinski definition) is 9. The van der Waals surface area contributed by atoms with Crippen LogP contribution >= 0.6 is 0 Å². The molecule has 1 aromatic heterocycles. The second-order valence-electron chi connectivity index (χ2n) is 6.79. The number of hydrogen-bond donors (Lipinski definition) is 1. The zero-order chi connectivity index (χ0) is 23.2. The third-order valence-corrected chi connectivity index (χ3v) is 4.62. The molecule has 0 atom stereocenters. The van der Waals surface area contributed by atoms with Crippen molar-refractivity contribution < 1.29 is 23.8 Å². The lowest BCUT2D eigenvalue weighted by Gasteiger charge is -2.11. The van der Waals surface area contributed by atoms with Crippen molar-refractivity contribution in [1.29, 1.82) is 0 Å². The smallest absolute Gasteiger partial charge is 0.271 e. The predicted octanol–water partition coefficient (Wildman–Crippen LogP) is 3.48. The van der Waals surface area contributed by atoms with Crippen LogP contribution in [0.3, 0.4) is 0 Å². The second kappa shape index (κ2) is 9.56. The number of amides is 1. The lowest BCUT2D eigenvalue weighted by molar-refractivity contribution is -0.384. The fraction of sp³-hybridized carbons (Fsp3) is 0.0909. The van der Waals surface area contributed by atoms with Crippen molar-refractivity contribution in [2.45, 2.75) is 6.61 Å². The van der Waals surface area contributed by atoms with Crippen LogP contribution in [-0.2, 0) is 6.61 Å². The van der Waals surface area contributed by atoms with Crippen LogP contribution in [0.2, 0.25) is 0 Å². The lowest BCUT2D eigenvalue weighted by atomic mass is 10.2. The molecule has 33 heavy (non-hydrogen) atoms. The molecule has 0 aliphatic rings. The zero-order valence-electron chi connectivity index (χ0n) is 17.3. The Labute approximate surface area is 186 Å². The van der Waals surface area contributed by atoms with Crippen LogP contribution in [0.25, 0.3) is 11.0 Å². The maximum Gasteiger partial charge on any atom is 0.271 e. The maximum atomic E-state index is 12.3. The van der Waals surface area contributed by atoms with E-state index < -0.39 is 10.8 Å². The average Bonchev–Trinajstić information content (AvgIpc) is 3.31. The van der Waals surface area contributed by atoms with E-state index in [2.05, 4.69) is 25.5 Å². The number of hydrazone groups is 1. The monoisotopic (exact) mass is 447 g/mol. The minimum atomic E-state index is -0.455. The van der Waals surface area contributed by atoms with Crippen molar-refractivity contribution in [1.82, 2.24) is 15.7 Å². The van der Waals surface area contributed by atoms with Crippen LogP contribution in [-0.4, -0.2) is 34.5 Å². The van der Waals surface area contributed by atoms with Gasteiger partial charge in [0, 0.05) is 17.7 Å². The van der Waals surface area contributed by atoms with E-state index in [0.717, 1.165) is 5.56 Å². The first-order valence-electron chi connectivity index (χ1n) is 9.63. The largest absolute Gasteiger partial charge is 0.493 e. The van der Waals surface area contributed by atoms with Gasteiger partial charge in [-0.05, 0) is 70.0 Å². The van der Waals surface area contributed by atoms with Crippen molar-refractivity contribution in [2.24, 2.45) is 5.10 Å². The predicted molar refractivity (Wildman–Crippen MR) is 117 cm³/mol. The molecule has 166 valence electrons. The van der Waals surface area contributed by atoms with Gasteiger partial charge >= 0.3 is 0 Å². The first-order chi connectivity index (χ1) is 16.0. The lowest BCUT2D eigenvalue weighted by Crippen LogP contribution is -2.17. The Balaban J connectivity index is 1.37. The number of nitrogens with one attached hydrogen (secondary N) is 1. The van der Waals surface area contributed by atoms with Crippen LogP contribution in [0.5, 0.6) is 11.5 Å². The average molecular weight is 447 g/mol. The maximum absolute atomic E-state index is 12.3. The molecule has 1 heterocycles. The van der Waals surface area contributed by atoms with Gasteiger partial charge in [-0.15, -0.1) is 0 Å². The minimum Gasteiger partial charge on any atom is -0.493 e. The zero-order valence-corrected chi connectivity index (χ0v) is 17.3. The molecule has 0 bridgehead atoms. The van der Waals surface area contributed by atoms with Gasteiger partial charge in [-0.2, -0.15) is 5.10 Å². The number of nitro groups is 1. The number of benzene rings is 3. The van der Waals surface area contributed by atoms with Gasteiger partial charge in [0.15, 0.2) is 11.5 Å². The van der Waals surface area contributed by atoms with Gasteiger partial charge < -0.3 is 9.47 Å². The highest BCUT2D eigenvalue weighted by Crippen LogP contribution is 2.28. The van der Waals surface area contributed by atoms with Crippen LogP contribution in [0.4, 0.5) is 5.69 Å². The minimum absolute atomic E-state index is 0.0164. The fourth-order valence-electron chi connectivity index (χ4n) is 2.91. The van der Waals surface area contributed by atoms with Crippen molar-refractivity contribution >= 4 is 28.8 Å². The number of rotatable bonds is 8. The summed E-state index contributed by atoms with van der Waals surface area (Å²) in [5.74, 6) is 0.550. The van der Waals surface area contributed by atoms with E-state index in [9.17, 15) is 14.9 Å². The number of nitro benzene ring substituents is 1. The highest BCUT2D eigenvalue weighted by molar-refractivity contribution is 5.97. The Kier molecular flexibility index (Phi) is 6.21. The standard InChI is InChI=1S/C22H17N5O6/c1-31-21-10-15(4-9-20(21)32-13-14-2-6-17(7-3-14)27(29)30)12-23-24-22(28)16-5-8-18-19(11-16)26-33-25-18/h2-12H,13H2,1H3,(H,24,28). The number of non-ortho nitro benzene ring substituents is 1. The van der Waals surface area contributed by atoms with Crippen LogP contribution in [0.15, 0.2) is 70.4 Å². The molecule has 0 aliphatic carbocycles. The number of methoxy groups -OCH3 is 1. The summed E-state index contributed by atoms with van der Waals surface area (Å²) < 4.78 is 15.8. The Hall–Kier alpha value is -4.80. The van der Waals surface area contributed by atoms with E-state index in [1.54, 1.807) is 48.5 Å². The summed E-state index contributed by atoms with van der Waals surface area (Å²) in [6, 6.07) is 16.0. The molecule has 0 spiro atoms. The van der Waals surface area contributed by atoms with Crippen LogP contribution in [0, 0.1) is 10.1 Å².